The summed E-state index contributed by atoms with van der Waals surface area (Å²) in [6.07, 6.45) is 0. The van der Waals surface area contributed by atoms with Crippen LogP contribution < -0.4 is 10.1 Å². The van der Waals surface area contributed by atoms with E-state index in [2.05, 4.69) is 5.32 Å². The summed E-state index contributed by atoms with van der Waals surface area (Å²) in [7, 11) is 0. The predicted octanol–water partition coefficient (Wildman–Crippen LogP) is 5.98. The molecule has 3 rings (SSSR count). The summed E-state index contributed by atoms with van der Waals surface area (Å²) in [5.41, 5.74) is -0.101. The van der Waals surface area contributed by atoms with E-state index in [1.807, 2.05) is 0 Å². The second-order valence-corrected chi connectivity index (χ2v) is 6.76. The number of nitro benzene ring substituents is 1. The Balaban J connectivity index is 1.67. The maximum atomic E-state index is 12.3. The maximum absolute atomic E-state index is 12.3. The van der Waals surface area contributed by atoms with Gasteiger partial charge in [-0.3, -0.25) is 14.9 Å². The minimum absolute atomic E-state index is 0.0108. The van der Waals surface area contributed by atoms with Gasteiger partial charge in [-0.25, -0.2) is 0 Å². The number of hydrogen-bond donors (Lipinski definition) is 1. The van der Waals surface area contributed by atoms with Gasteiger partial charge in [-0.05, 0) is 36.4 Å². The molecule has 1 aromatic heterocycles. The Morgan fingerprint density at radius 2 is 1.86 bits per heavy atom. The number of carbonyl (C=O) groups excluding carboxylic acids is 1. The molecule has 0 radical (unpaired) electrons. The first kappa shape index (κ1) is 20.0. The van der Waals surface area contributed by atoms with E-state index in [0.29, 0.717) is 21.6 Å². The van der Waals surface area contributed by atoms with Gasteiger partial charge >= 0.3 is 0 Å². The number of amides is 1. The summed E-state index contributed by atoms with van der Waals surface area (Å²) in [6, 6.07) is 11.5. The van der Waals surface area contributed by atoms with E-state index < -0.39 is 10.8 Å². The van der Waals surface area contributed by atoms with Gasteiger partial charge in [0.05, 0.1) is 20.7 Å². The second-order valence-electron chi connectivity index (χ2n) is 5.50. The summed E-state index contributed by atoms with van der Waals surface area (Å²) in [5, 5.41) is 14.3. The zero-order valence-corrected chi connectivity index (χ0v) is 16.2. The first-order chi connectivity index (χ1) is 13.3. The van der Waals surface area contributed by atoms with E-state index in [1.165, 1.54) is 18.2 Å². The first-order valence-corrected chi connectivity index (χ1v) is 8.89. The van der Waals surface area contributed by atoms with Crippen LogP contribution in [-0.4, -0.2) is 10.8 Å². The standard InChI is InChI=1S/C18H11Cl3N2O5/c19-10-1-5-16(14(21)7-10)27-9-12-3-6-17(28-12)18(24)22-15-8-11(23(25)26)2-4-13(15)20/h1-8H,9H2,(H,22,24). The topological polar surface area (TPSA) is 94.6 Å². The van der Waals surface area contributed by atoms with Crippen molar-refractivity contribution in [1.82, 2.24) is 0 Å². The van der Waals surface area contributed by atoms with Crippen LogP contribution in [0.5, 0.6) is 5.75 Å². The molecule has 0 atom stereocenters. The average Bonchev–Trinajstić information content (AvgIpc) is 3.12. The summed E-state index contributed by atoms with van der Waals surface area (Å²) in [6.45, 7) is 0.0339. The van der Waals surface area contributed by atoms with Gasteiger partial charge in [-0.15, -0.1) is 0 Å². The van der Waals surface area contributed by atoms with Crippen molar-refractivity contribution in [3.05, 3.63) is 85.2 Å². The third-order valence-corrected chi connectivity index (χ3v) is 4.42. The van der Waals surface area contributed by atoms with Gasteiger partial charge in [-0.1, -0.05) is 34.8 Å². The van der Waals surface area contributed by atoms with Gasteiger partial charge in [0.15, 0.2) is 5.76 Å². The number of ether oxygens (including phenoxy) is 1. The molecule has 0 fully saturated rings. The van der Waals surface area contributed by atoms with E-state index >= 15 is 0 Å². The highest BCUT2D eigenvalue weighted by Crippen LogP contribution is 2.29. The lowest BCUT2D eigenvalue weighted by molar-refractivity contribution is -0.384. The minimum Gasteiger partial charge on any atom is -0.484 e. The number of benzene rings is 2. The lowest BCUT2D eigenvalue weighted by Gasteiger charge is -2.07. The van der Waals surface area contributed by atoms with Crippen LogP contribution in [0.25, 0.3) is 0 Å². The molecule has 0 unspecified atom stereocenters. The number of rotatable bonds is 6. The van der Waals surface area contributed by atoms with Crippen molar-refractivity contribution in [2.45, 2.75) is 6.61 Å². The van der Waals surface area contributed by atoms with E-state index in [9.17, 15) is 14.9 Å². The fourth-order valence-electron chi connectivity index (χ4n) is 2.23. The van der Waals surface area contributed by atoms with Crippen molar-refractivity contribution in [3.8, 4) is 5.75 Å². The number of nitro groups is 1. The Bertz CT molecular complexity index is 1050. The zero-order valence-electron chi connectivity index (χ0n) is 13.9. The van der Waals surface area contributed by atoms with Crippen molar-refractivity contribution in [2.24, 2.45) is 0 Å². The van der Waals surface area contributed by atoms with Gasteiger partial charge in [0.25, 0.3) is 11.6 Å². The van der Waals surface area contributed by atoms with Gasteiger partial charge in [0.1, 0.15) is 18.1 Å². The Morgan fingerprint density at radius 3 is 2.57 bits per heavy atom. The van der Waals surface area contributed by atoms with Crippen LogP contribution in [0.1, 0.15) is 16.3 Å². The molecule has 7 nitrogen and oxygen atoms in total. The molecular formula is C18H11Cl3N2O5. The molecule has 1 amide bonds. The lowest BCUT2D eigenvalue weighted by atomic mass is 10.2. The number of nitrogens with one attached hydrogen (secondary N) is 1. The zero-order chi connectivity index (χ0) is 20.3. The molecule has 10 heteroatoms. The lowest BCUT2D eigenvalue weighted by Crippen LogP contribution is -2.11. The summed E-state index contributed by atoms with van der Waals surface area (Å²) >= 11 is 17.8. The van der Waals surface area contributed by atoms with E-state index in [-0.39, 0.29) is 28.8 Å². The molecule has 144 valence electrons. The smallest absolute Gasteiger partial charge is 0.291 e. The molecule has 0 spiro atoms. The summed E-state index contributed by atoms with van der Waals surface area (Å²) < 4.78 is 11.0. The van der Waals surface area contributed by atoms with Crippen molar-refractivity contribution in [1.29, 1.82) is 0 Å². The van der Waals surface area contributed by atoms with Gasteiger partial charge in [0, 0.05) is 17.2 Å². The van der Waals surface area contributed by atoms with Gasteiger partial charge in [0.2, 0.25) is 0 Å². The Morgan fingerprint density at radius 1 is 1.07 bits per heavy atom. The molecule has 2 aromatic carbocycles. The number of halogens is 3. The van der Waals surface area contributed by atoms with Crippen LogP contribution in [0, 0.1) is 10.1 Å². The fourth-order valence-corrected chi connectivity index (χ4v) is 2.85. The highest BCUT2D eigenvalue weighted by atomic mass is 35.5. The molecule has 0 aliphatic heterocycles. The Kier molecular flexibility index (Phi) is 6.08. The van der Waals surface area contributed by atoms with Crippen molar-refractivity contribution < 1.29 is 18.9 Å². The van der Waals surface area contributed by atoms with Crippen LogP contribution in [-0.2, 0) is 6.61 Å². The number of carbonyl (C=O) groups is 1. The predicted molar refractivity (Wildman–Crippen MR) is 106 cm³/mol. The number of non-ortho nitro benzene ring substituents is 1. The molecule has 0 aliphatic rings. The molecule has 0 aliphatic carbocycles. The number of furan rings is 1. The van der Waals surface area contributed by atoms with Gasteiger partial charge < -0.3 is 14.5 Å². The van der Waals surface area contributed by atoms with Crippen molar-refractivity contribution in [3.63, 3.8) is 0 Å². The molecule has 3 aromatic rings. The Hall–Kier alpha value is -2.74. The third-order valence-electron chi connectivity index (χ3n) is 3.56. The third kappa shape index (κ3) is 4.75. The Labute approximate surface area is 173 Å². The van der Waals surface area contributed by atoms with Crippen molar-refractivity contribution >= 4 is 52.1 Å². The number of hydrogen-bond acceptors (Lipinski definition) is 5. The summed E-state index contributed by atoms with van der Waals surface area (Å²) in [5.74, 6) is 0.166. The normalized spacial score (nSPS) is 10.5. The molecule has 0 saturated carbocycles. The highest BCUT2D eigenvalue weighted by molar-refractivity contribution is 6.35. The van der Waals surface area contributed by atoms with Crippen LogP contribution in [0.3, 0.4) is 0 Å². The quantitative estimate of drug-likeness (QED) is 0.375. The number of anilines is 1. The SMILES string of the molecule is O=C(Nc1cc([N+](=O)[O-])ccc1Cl)c1ccc(COc2ccc(Cl)cc2Cl)o1. The second kappa shape index (κ2) is 8.52. The first-order valence-electron chi connectivity index (χ1n) is 7.75. The molecular weight excluding hydrogens is 431 g/mol. The molecule has 28 heavy (non-hydrogen) atoms. The largest absolute Gasteiger partial charge is 0.484 e. The van der Waals surface area contributed by atoms with Crippen LogP contribution >= 0.6 is 34.8 Å². The summed E-state index contributed by atoms with van der Waals surface area (Å²) in [4.78, 5) is 22.6. The minimum atomic E-state index is -0.613. The fraction of sp³-hybridized carbons (Fsp3) is 0.0556. The number of nitrogens with zero attached hydrogens (tertiary/aromatic N) is 1. The highest BCUT2D eigenvalue weighted by Gasteiger charge is 2.16. The molecule has 0 saturated heterocycles. The average molecular weight is 442 g/mol. The maximum Gasteiger partial charge on any atom is 0.291 e. The van der Waals surface area contributed by atoms with Gasteiger partial charge in [-0.2, -0.15) is 0 Å². The molecule has 1 N–H and O–H groups in total. The van der Waals surface area contributed by atoms with Crippen LogP contribution in [0.15, 0.2) is 52.9 Å². The molecule has 0 bridgehead atoms. The van der Waals surface area contributed by atoms with Crippen LogP contribution in [0.4, 0.5) is 11.4 Å². The van der Waals surface area contributed by atoms with E-state index in [4.69, 9.17) is 44.0 Å². The molecule has 1 heterocycles. The van der Waals surface area contributed by atoms with E-state index in [0.717, 1.165) is 6.07 Å². The van der Waals surface area contributed by atoms with Crippen LogP contribution in [0.2, 0.25) is 15.1 Å². The van der Waals surface area contributed by atoms with E-state index in [1.54, 1.807) is 24.3 Å². The van der Waals surface area contributed by atoms with Crippen molar-refractivity contribution in [2.75, 3.05) is 5.32 Å². The monoisotopic (exact) mass is 440 g/mol.